The average molecular weight is 606 g/mol. The molecule has 0 spiro atoms. The lowest BCUT2D eigenvalue weighted by Gasteiger charge is -2.16. The summed E-state index contributed by atoms with van der Waals surface area (Å²) in [4.78, 5) is 10.3. The lowest BCUT2D eigenvalue weighted by Crippen LogP contribution is -2.22. The fraction of sp³-hybridized carbons (Fsp3) is 0.250. The van der Waals surface area contributed by atoms with Gasteiger partial charge in [-0.25, -0.2) is 0 Å². The Bertz CT molecular complexity index is 1150. The number of halogens is 4. The Morgan fingerprint density at radius 1 is 1.03 bits per heavy atom. The van der Waals surface area contributed by atoms with E-state index in [1.54, 1.807) is 6.07 Å². The minimum atomic E-state index is -0.473. The summed E-state index contributed by atoms with van der Waals surface area (Å²) in [6, 6.07) is 15.8. The van der Waals surface area contributed by atoms with E-state index >= 15 is 0 Å². The molecule has 35 heavy (non-hydrogen) atoms. The summed E-state index contributed by atoms with van der Waals surface area (Å²) >= 11 is 15.9. The standard InChI is InChI=1S/C24H24BrCl2N3O4.ClH/c1-2-33-23-12-16(11-19(25)24(23)34-15-17-5-3-4-6-20(17)26)14-28-9-10-29-22-8-7-18(30(31)32)13-21(22)27;/h3-8,11-13,28-29H,2,9-10,14-15H2,1H3;1H. The average Bonchev–Trinajstić information content (AvgIpc) is 2.80. The molecule has 0 aliphatic heterocycles. The van der Waals surface area contributed by atoms with Gasteiger partial charge in [-0.3, -0.25) is 10.1 Å². The van der Waals surface area contributed by atoms with Crippen molar-refractivity contribution < 1.29 is 14.4 Å². The summed E-state index contributed by atoms with van der Waals surface area (Å²) in [5, 5.41) is 18.3. The molecule has 0 bridgehead atoms. The quantitative estimate of drug-likeness (QED) is 0.128. The normalized spacial score (nSPS) is 10.4. The smallest absolute Gasteiger partial charge is 0.271 e. The number of non-ortho nitro benzene ring substituents is 1. The number of ether oxygens (including phenoxy) is 2. The van der Waals surface area contributed by atoms with E-state index in [-0.39, 0.29) is 18.1 Å². The predicted molar refractivity (Wildman–Crippen MR) is 147 cm³/mol. The first-order valence-corrected chi connectivity index (χ1v) is 12.1. The number of nitro benzene ring substituents is 1. The molecule has 3 aromatic carbocycles. The molecule has 0 aliphatic carbocycles. The van der Waals surface area contributed by atoms with E-state index in [2.05, 4.69) is 26.6 Å². The first-order valence-electron chi connectivity index (χ1n) is 10.6. The Kier molecular flexibility index (Phi) is 11.9. The van der Waals surface area contributed by atoms with Crippen LogP contribution in [0.5, 0.6) is 11.5 Å². The number of benzene rings is 3. The Balaban J connectivity index is 0.00000432. The van der Waals surface area contributed by atoms with Crippen LogP contribution in [0.25, 0.3) is 0 Å². The Hall–Kier alpha value is -2.23. The van der Waals surface area contributed by atoms with Gasteiger partial charge < -0.3 is 20.1 Å². The molecule has 7 nitrogen and oxygen atoms in total. The third-order valence-electron chi connectivity index (χ3n) is 4.81. The molecular weight excluding hydrogens is 581 g/mol. The van der Waals surface area contributed by atoms with Crippen LogP contribution in [0.2, 0.25) is 10.0 Å². The van der Waals surface area contributed by atoms with Gasteiger partial charge in [0.05, 0.1) is 26.7 Å². The summed E-state index contributed by atoms with van der Waals surface area (Å²) in [6.07, 6.45) is 0. The van der Waals surface area contributed by atoms with Gasteiger partial charge in [0.25, 0.3) is 5.69 Å². The van der Waals surface area contributed by atoms with Crippen molar-refractivity contribution >= 4 is 62.9 Å². The minimum Gasteiger partial charge on any atom is -0.490 e. The summed E-state index contributed by atoms with van der Waals surface area (Å²) in [5.74, 6) is 1.27. The first-order chi connectivity index (χ1) is 16.4. The molecule has 0 saturated heterocycles. The molecule has 0 fully saturated rings. The second kappa shape index (κ2) is 14.4. The fourth-order valence-corrected chi connectivity index (χ4v) is 4.21. The maximum Gasteiger partial charge on any atom is 0.271 e. The first kappa shape index (κ1) is 29.0. The topological polar surface area (TPSA) is 85.7 Å². The molecule has 0 amide bonds. The van der Waals surface area contributed by atoms with Crippen LogP contribution in [0.15, 0.2) is 59.1 Å². The molecule has 0 unspecified atom stereocenters. The minimum absolute atomic E-state index is 0. The zero-order valence-electron chi connectivity index (χ0n) is 18.9. The van der Waals surface area contributed by atoms with Gasteiger partial charge >= 0.3 is 0 Å². The van der Waals surface area contributed by atoms with Crippen LogP contribution in [0.3, 0.4) is 0 Å². The Morgan fingerprint density at radius 2 is 1.80 bits per heavy atom. The van der Waals surface area contributed by atoms with Gasteiger partial charge in [0.1, 0.15) is 6.61 Å². The highest BCUT2D eigenvalue weighted by molar-refractivity contribution is 9.10. The second-order valence-corrected chi connectivity index (χ2v) is 8.91. The largest absolute Gasteiger partial charge is 0.490 e. The number of hydrogen-bond acceptors (Lipinski definition) is 6. The van der Waals surface area contributed by atoms with Crippen molar-refractivity contribution in [3.05, 3.63) is 90.4 Å². The summed E-state index contributed by atoms with van der Waals surface area (Å²) < 4.78 is 12.6. The van der Waals surface area contributed by atoms with Crippen molar-refractivity contribution in [2.24, 2.45) is 0 Å². The highest BCUT2D eigenvalue weighted by Gasteiger charge is 2.14. The SMILES string of the molecule is CCOc1cc(CNCCNc2ccc([N+](=O)[O-])cc2Cl)cc(Br)c1OCc1ccccc1Cl.Cl. The van der Waals surface area contributed by atoms with Gasteiger partial charge in [0.2, 0.25) is 0 Å². The highest BCUT2D eigenvalue weighted by Crippen LogP contribution is 2.38. The van der Waals surface area contributed by atoms with E-state index in [1.807, 2.05) is 43.3 Å². The van der Waals surface area contributed by atoms with Crippen LogP contribution < -0.4 is 20.1 Å². The van der Waals surface area contributed by atoms with Crippen LogP contribution >= 0.6 is 51.5 Å². The van der Waals surface area contributed by atoms with Crippen molar-refractivity contribution in [2.75, 3.05) is 25.0 Å². The van der Waals surface area contributed by atoms with Crippen LogP contribution in [-0.4, -0.2) is 24.6 Å². The van der Waals surface area contributed by atoms with Gasteiger partial charge in [-0.1, -0.05) is 41.4 Å². The van der Waals surface area contributed by atoms with Crippen molar-refractivity contribution in [2.45, 2.75) is 20.1 Å². The number of nitro groups is 1. The summed E-state index contributed by atoms with van der Waals surface area (Å²) in [7, 11) is 0. The number of hydrogen-bond donors (Lipinski definition) is 2. The molecule has 3 rings (SSSR count). The maximum atomic E-state index is 10.8. The molecule has 0 saturated carbocycles. The second-order valence-electron chi connectivity index (χ2n) is 7.24. The van der Waals surface area contributed by atoms with E-state index in [9.17, 15) is 10.1 Å². The van der Waals surface area contributed by atoms with E-state index in [4.69, 9.17) is 32.7 Å². The number of nitrogens with one attached hydrogen (secondary N) is 2. The van der Waals surface area contributed by atoms with Crippen LogP contribution in [0.1, 0.15) is 18.1 Å². The van der Waals surface area contributed by atoms with E-state index in [0.717, 1.165) is 15.6 Å². The van der Waals surface area contributed by atoms with E-state index in [1.165, 1.54) is 12.1 Å². The zero-order chi connectivity index (χ0) is 24.5. The Labute approximate surface area is 228 Å². The van der Waals surface area contributed by atoms with Gasteiger partial charge in [-0.15, -0.1) is 12.4 Å². The molecule has 3 aromatic rings. The Morgan fingerprint density at radius 3 is 2.49 bits per heavy atom. The third-order valence-corrected chi connectivity index (χ3v) is 6.08. The van der Waals surface area contributed by atoms with Crippen molar-refractivity contribution in [1.82, 2.24) is 5.32 Å². The van der Waals surface area contributed by atoms with Crippen LogP contribution in [0, 0.1) is 10.1 Å². The number of anilines is 1. The number of nitrogens with zero attached hydrogens (tertiary/aromatic N) is 1. The van der Waals surface area contributed by atoms with Crippen LogP contribution in [-0.2, 0) is 13.2 Å². The van der Waals surface area contributed by atoms with Crippen molar-refractivity contribution in [3.63, 3.8) is 0 Å². The van der Waals surface area contributed by atoms with Gasteiger partial charge in [-0.05, 0) is 52.7 Å². The van der Waals surface area contributed by atoms with E-state index in [0.29, 0.717) is 60.1 Å². The van der Waals surface area contributed by atoms with Crippen LogP contribution in [0.4, 0.5) is 11.4 Å². The summed E-state index contributed by atoms with van der Waals surface area (Å²) in [6.45, 7) is 4.61. The van der Waals surface area contributed by atoms with E-state index < -0.39 is 4.92 Å². The lowest BCUT2D eigenvalue weighted by atomic mass is 10.2. The fourth-order valence-electron chi connectivity index (χ4n) is 3.17. The molecule has 0 atom stereocenters. The molecular formula is C24H25BrCl3N3O4. The monoisotopic (exact) mass is 603 g/mol. The zero-order valence-corrected chi connectivity index (χ0v) is 22.8. The molecule has 0 radical (unpaired) electrons. The van der Waals surface area contributed by atoms with Gasteiger partial charge in [-0.2, -0.15) is 0 Å². The van der Waals surface area contributed by atoms with Gasteiger partial charge in [0.15, 0.2) is 11.5 Å². The maximum absolute atomic E-state index is 10.8. The van der Waals surface area contributed by atoms with Gasteiger partial charge in [0, 0.05) is 42.4 Å². The number of rotatable bonds is 12. The molecule has 0 heterocycles. The molecule has 188 valence electrons. The molecule has 0 aliphatic rings. The predicted octanol–water partition coefficient (Wildman–Crippen LogP) is 7.27. The molecule has 2 N–H and O–H groups in total. The van der Waals surface area contributed by atoms with Crippen molar-refractivity contribution in [3.8, 4) is 11.5 Å². The molecule has 11 heteroatoms. The summed E-state index contributed by atoms with van der Waals surface area (Å²) in [5.41, 5.74) is 2.53. The lowest BCUT2D eigenvalue weighted by molar-refractivity contribution is -0.384. The van der Waals surface area contributed by atoms with Crippen molar-refractivity contribution in [1.29, 1.82) is 0 Å². The molecule has 0 aromatic heterocycles. The highest BCUT2D eigenvalue weighted by atomic mass is 79.9. The third kappa shape index (κ3) is 8.44.